The van der Waals surface area contributed by atoms with Gasteiger partial charge in [-0.3, -0.25) is 9.48 Å². The van der Waals surface area contributed by atoms with Crippen LogP contribution in [0.4, 0.5) is 0 Å². The maximum atomic E-state index is 11.5. The smallest absolute Gasteiger partial charge is 0.133 e. The Morgan fingerprint density at radius 3 is 2.75 bits per heavy atom. The van der Waals surface area contributed by atoms with Gasteiger partial charge in [0, 0.05) is 18.9 Å². The second-order valence-electron chi connectivity index (χ2n) is 4.27. The minimum absolute atomic E-state index is 0.281. The van der Waals surface area contributed by atoms with Gasteiger partial charge in [-0.15, -0.1) is 0 Å². The zero-order chi connectivity index (χ0) is 12.1. The second kappa shape index (κ2) is 6.04. The van der Waals surface area contributed by atoms with Gasteiger partial charge in [0.25, 0.3) is 0 Å². The molecule has 0 saturated heterocycles. The number of ketones is 1. The van der Waals surface area contributed by atoms with E-state index in [4.69, 9.17) is 11.6 Å². The van der Waals surface area contributed by atoms with E-state index in [9.17, 15) is 4.79 Å². The van der Waals surface area contributed by atoms with Crippen molar-refractivity contribution >= 4 is 17.4 Å². The number of hydrogen-bond donors (Lipinski definition) is 0. The van der Waals surface area contributed by atoms with Crippen molar-refractivity contribution in [3.8, 4) is 0 Å². The van der Waals surface area contributed by atoms with Gasteiger partial charge >= 0.3 is 0 Å². The molecule has 0 spiro atoms. The summed E-state index contributed by atoms with van der Waals surface area (Å²) in [5.41, 5.74) is 0.973. The maximum Gasteiger partial charge on any atom is 0.133 e. The van der Waals surface area contributed by atoms with Gasteiger partial charge in [0.1, 0.15) is 5.78 Å². The Balaban J connectivity index is 2.65. The Bertz CT molecular complexity index is 358. The van der Waals surface area contributed by atoms with Crippen LogP contribution in [0.1, 0.15) is 51.8 Å². The number of Topliss-reactive ketones (excluding diaryl/α,β-unsaturated/α-hetero) is 1. The lowest BCUT2D eigenvalue weighted by Crippen LogP contribution is -2.09. The number of rotatable bonds is 6. The lowest BCUT2D eigenvalue weighted by molar-refractivity contribution is -0.119. The van der Waals surface area contributed by atoms with Gasteiger partial charge < -0.3 is 0 Å². The van der Waals surface area contributed by atoms with E-state index in [1.807, 2.05) is 11.6 Å². The van der Waals surface area contributed by atoms with Crippen molar-refractivity contribution in [3.63, 3.8) is 0 Å². The van der Waals surface area contributed by atoms with Crippen LogP contribution < -0.4 is 0 Å². The topological polar surface area (TPSA) is 34.9 Å². The molecule has 1 aromatic heterocycles. The van der Waals surface area contributed by atoms with Crippen LogP contribution in [0.3, 0.4) is 0 Å². The number of carbonyl (C=O) groups excluding carboxylic acids is 1. The number of aromatic nitrogens is 2. The molecule has 0 aromatic carbocycles. The first-order valence-corrected chi connectivity index (χ1v) is 6.17. The van der Waals surface area contributed by atoms with Gasteiger partial charge in [0.05, 0.1) is 16.9 Å². The Morgan fingerprint density at radius 1 is 1.50 bits per heavy atom. The van der Waals surface area contributed by atoms with Crippen LogP contribution in [0.25, 0.3) is 0 Å². The third kappa shape index (κ3) is 3.34. The molecular weight excluding hydrogens is 224 g/mol. The van der Waals surface area contributed by atoms with Crippen LogP contribution in [0, 0.1) is 0 Å². The average Bonchev–Trinajstić information content (AvgIpc) is 2.57. The fraction of sp³-hybridized carbons (Fsp3) is 0.667. The molecule has 4 heteroatoms. The van der Waals surface area contributed by atoms with Crippen molar-refractivity contribution in [1.82, 2.24) is 9.78 Å². The SMILES string of the molecule is CCCC(=O)CCc1c(Cl)cnn1C(C)C. The second-order valence-corrected chi connectivity index (χ2v) is 4.67. The third-order valence-corrected chi connectivity index (χ3v) is 2.82. The van der Waals surface area contributed by atoms with Crippen LogP contribution in [0.15, 0.2) is 6.20 Å². The van der Waals surface area contributed by atoms with Gasteiger partial charge in [0.2, 0.25) is 0 Å². The predicted molar refractivity (Wildman–Crippen MR) is 65.9 cm³/mol. The molecule has 0 fully saturated rings. The predicted octanol–water partition coefficient (Wildman–Crippen LogP) is 3.42. The molecule has 0 aliphatic heterocycles. The zero-order valence-corrected chi connectivity index (χ0v) is 10.9. The molecule has 1 heterocycles. The third-order valence-electron chi connectivity index (χ3n) is 2.51. The van der Waals surface area contributed by atoms with Crippen molar-refractivity contribution < 1.29 is 4.79 Å². The van der Waals surface area contributed by atoms with E-state index in [1.54, 1.807) is 6.20 Å². The molecule has 0 aliphatic carbocycles. The zero-order valence-electron chi connectivity index (χ0n) is 10.2. The van der Waals surface area contributed by atoms with Crippen LogP contribution in [-0.4, -0.2) is 15.6 Å². The van der Waals surface area contributed by atoms with Crippen molar-refractivity contribution in [3.05, 3.63) is 16.9 Å². The molecule has 90 valence electrons. The molecule has 0 aliphatic rings. The van der Waals surface area contributed by atoms with E-state index in [2.05, 4.69) is 18.9 Å². The van der Waals surface area contributed by atoms with Crippen molar-refractivity contribution in [2.24, 2.45) is 0 Å². The standard InChI is InChI=1S/C12H19ClN2O/c1-4-5-10(16)6-7-12-11(13)8-14-15(12)9(2)3/h8-9H,4-7H2,1-3H3. The van der Waals surface area contributed by atoms with Crippen molar-refractivity contribution in [2.45, 2.75) is 52.5 Å². The van der Waals surface area contributed by atoms with Crippen LogP contribution >= 0.6 is 11.6 Å². The Hall–Kier alpha value is -0.830. The number of carbonyl (C=O) groups is 1. The van der Waals surface area contributed by atoms with Gasteiger partial charge in [-0.25, -0.2) is 0 Å². The normalized spacial score (nSPS) is 11.1. The van der Waals surface area contributed by atoms with Gasteiger partial charge in [-0.1, -0.05) is 18.5 Å². The molecule has 1 rings (SSSR count). The Kier molecular flexibility index (Phi) is 5.00. The van der Waals surface area contributed by atoms with Gasteiger partial charge in [-0.05, 0) is 26.7 Å². The lowest BCUT2D eigenvalue weighted by Gasteiger charge is -2.10. The molecule has 0 saturated carbocycles. The summed E-state index contributed by atoms with van der Waals surface area (Å²) < 4.78 is 1.89. The van der Waals surface area contributed by atoms with E-state index in [1.165, 1.54) is 0 Å². The van der Waals surface area contributed by atoms with E-state index in [0.717, 1.165) is 12.1 Å². The molecule has 0 atom stereocenters. The quantitative estimate of drug-likeness (QED) is 0.766. The summed E-state index contributed by atoms with van der Waals surface area (Å²) >= 11 is 6.05. The van der Waals surface area contributed by atoms with Crippen LogP contribution in [-0.2, 0) is 11.2 Å². The fourth-order valence-corrected chi connectivity index (χ4v) is 1.93. The molecule has 0 N–H and O–H groups in total. The summed E-state index contributed by atoms with van der Waals surface area (Å²) in [7, 11) is 0. The molecule has 0 amide bonds. The largest absolute Gasteiger partial charge is 0.300 e. The average molecular weight is 243 g/mol. The van der Waals surface area contributed by atoms with E-state index in [-0.39, 0.29) is 6.04 Å². The van der Waals surface area contributed by atoms with E-state index in [0.29, 0.717) is 30.1 Å². The summed E-state index contributed by atoms with van der Waals surface area (Å²) in [5.74, 6) is 0.301. The summed E-state index contributed by atoms with van der Waals surface area (Å²) in [6.45, 7) is 6.13. The Morgan fingerprint density at radius 2 is 2.19 bits per heavy atom. The Labute approximate surface area is 102 Å². The minimum atomic E-state index is 0.281. The fourth-order valence-electron chi connectivity index (χ4n) is 1.71. The molecule has 1 aromatic rings. The summed E-state index contributed by atoms with van der Waals surface area (Å²) in [6, 6.07) is 0.281. The maximum absolute atomic E-state index is 11.5. The monoisotopic (exact) mass is 242 g/mol. The first kappa shape index (κ1) is 13.2. The first-order chi connectivity index (χ1) is 7.56. The first-order valence-electron chi connectivity index (χ1n) is 5.79. The summed E-state index contributed by atoms with van der Waals surface area (Å²) in [4.78, 5) is 11.5. The van der Waals surface area contributed by atoms with E-state index >= 15 is 0 Å². The van der Waals surface area contributed by atoms with Gasteiger partial charge in [0.15, 0.2) is 0 Å². The van der Waals surface area contributed by atoms with Crippen molar-refractivity contribution in [2.75, 3.05) is 0 Å². The lowest BCUT2D eigenvalue weighted by atomic mass is 10.1. The number of hydrogen-bond acceptors (Lipinski definition) is 2. The van der Waals surface area contributed by atoms with Crippen LogP contribution in [0.2, 0.25) is 5.02 Å². The highest BCUT2D eigenvalue weighted by Crippen LogP contribution is 2.20. The minimum Gasteiger partial charge on any atom is -0.300 e. The summed E-state index contributed by atoms with van der Waals surface area (Å²) in [6.07, 6.45) is 4.48. The highest BCUT2D eigenvalue weighted by atomic mass is 35.5. The van der Waals surface area contributed by atoms with Crippen LogP contribution in [0.5, 0.6) is 0 Å². The molecule has 3 nitrogen and oxygen atoms in total. The van der Waals surface area contributed by atoms with Gasteiger partial charge in [-0.2, -0.15) is 5.10 Å². The summed E-state index contributed by atoms with van der Waals surface area (Å²) in [5, 5.41) is 4.88. The number of halogens is 1. The molecule has 0 bridgehead atoms. The van der Waals surface area contributed by atoms with E-state index < -0.39 is 0 Å². The van der Waals surface area contributed by atoms with Crippen molar-refractivity contribution in [1.29, 1.82) is 0 Å². The molecule has 0 unspecified atom stereocenters. The molecular formula is C12H19ClN2O. The number of nitrogens with zero attached hydrogens (tertiary/aromatic N) is 2. The highest BCUT2D eigenvalue weighted by molar-refractivity contribution is 6.31. The molecule has 16 heavy (non-hydrogen) atoms. The molecule has 0 radical (unpaired) electrons. The highest BCUT2D eigenvalue weighted by Gasteiger charge is 2.12.